The largest absolute Gasteiger partial charge is 0.484 e. The van der Waals surface area contributed by atoms with Gasteiger partial charge in [0.1, 0.15) is 11.8 Å². The van der Waals surface area contributed by atoms with Gasteiger partial charge in [0.2, 0.25) is 5.91 Å². The van der Waals surface area contributed by atoms with Crippen molar-refractivity contribution < 1.29 is 14.3 Å². The number of hydrogen-bond acceptors (Lipinski definition) is 3. The number of nitrogens with one attached hydrogen (secondary N) is 1. The van der Waals surface area contributed by atoms with Crippen molar-refractivity contribution >= 4 is 50.9 Å². The van der Waals surface area contributed by atoms with E-state index in [1.54, 1.807) is 18.2 Å². The van der Waals surface area contributed by atoms with Crippen molar-refractivity contribution in [2.75, 3.05) is 13.2 Å². The van der Waals surface area contributed by atoms with Crippen LogP contribution in [0.1, 0.15) is 43.9 Å². The van der Waals surface area contributed by atoms with E-state index in [4.69, 9.17) is 27.9 Å². The van der Waals surface area contributed by atoms with E-state index in [0.29, 0.717) is 40.2 Å². The van der Waals surface area contributed by atoms with Gasteiger partial charge in [0, 0.05) is 27.6 Å². The van der Waals surface area contributed by atoms with Crippen molar-refractivity contribution in [1.82, 2.24) is 10.2 Å². The van der Waals surface area contributed by atoms with Crippen LogP contribution in [-0.4, -0.2) is 35.9 Å². The summed E-state index contributed by atoms with van der Waals surface area (Å²) in [7, 11) is 0. The quantitative estimate of drug-likeness (QED) is 0.371. The first kappa shape index (κ1) is 27.5. The van der Waals surface area contributed by atoms with Gasteiger partial charge in [-0.25, -0.2) is 0 Å². The minimum absolute atomic E-state index is 0.171. The van der Waals surface area contributed by atoms with Crippen LogP contribution in [0, 0.1) is 19.8 Å². The fraction of sp³-hybridized carbons (Fsp3) is 0.440. The second-order valence-corrected chi connectivity index (χ2v) is 10.1. The van der Waals surface area contributed by atoms with E-state index in [0.717, 1.165) is 15.6 Å². The Morgan fingerprint density at radius 3 is 2.30 bits per heavy atom. The van der Waals surface area contributed by atoms with E-state index < -0.39 is 6.04 Å². The molecule has 0 spiro atoms. The Morgan fingerprint density at radius 2 is 1.76 bits per heavy atom. The minimum Gasteiger partial charge on any atom is -0.484 e. The number of ether oxygens (including phenoxy) is 1. The summed E-state index contributed by atoms with van der Waals surface area (Å²) >= 11 is 15.9. The third kappa shape index (κ3) is 7.90. The van der Waals surface area contributed by atoms with Gasteiger partial charge in [-0.15, -0.1) is 0 Å². The van der Waals surface area contributed by atoms with Gasteiger partial charge < -0.3 is 15.0 Å². The highest BCUT2D eigenvalue weighted by Gasteiger charge is 2.29. The van der Waals surface area contributed by atoms with Crippen LogP contribution < -0.4 is 10.1 Å². The summed E-state index contributed by atoms with van der Waals surface area (Å²) in [5.41, 5.74) is 2.74. The first-order chi connectivity index (χ1) is 15.5. The van der Waals surface area contributed by atoms with Crippen LogP contribution in [0.4, 0.5) is 0 Å². The third-order valence-electron chi connectivity index (χ3n) is 5.20. The van der Waals surface area contributed by atoms with Gasteiger partial charge in [0.25, 0.3) is 5.91 Å². The predicted molar refractivity (Wildman–Crippen MR) is 138 cm³/mol. The molecule has 0 aromatic heterocycles. The molecule has 0 aliphatic heterocycles. The Hall–Kier alpha value is -1.76. The van der Waals surface area contributed by atoms with Crippen LogP contribution >= 0.6 is 39.1 Å². The summed E-state index contributed by atoms with van der Waals surface area (Å²) in [4.78, 5) is 27.8. The van der Waals surface area contributed by atoms with E-state index in [-0.39, 0.29) is 25.0 Å². The van der Waals surface area contributed by atoms with Crippen LogP contribution in [-0.2, 0) is 16.1 Å². The standard InChI is InChI=1S/C25H31BrCl2N2O3/c1-6-22(25(32)29-12-15(2)3)30(13-18-7-8-19(27)11-21(18)28)23(31)14-33-20-9-16(4)24(26)17(5)10-20/h7-11,15,22H,6,12-14H2,1-5H3,(H,29,32)/t22-/m1/s1. The lowest BCUT2D eigenvalue weighted by atomic mass is 10.1. The Balaban J connectivity index is 2.27. The van der Waals surface area contributed by atoms with Crippen LogP contribution in [0.15, 0.2) is 34.8 Å². The molecular formula is C25H31BrCl2N2O3. The van der Waals surface area contributed by atoms with Crippen LogP contribution in [0.3, 0.4) is 0 Å². The van der Waals surface area contributed by atoms with E-state index in [1.807, 2.05) is 46.8 Å². The molecule has 0 radical (unpaired) electrons. The van der Waals surface area contributed by atoms with Gasteiger partial charge in [-0.05, 0) is 67.1 Å². The molecule has 0 aliphatic carbocycles. The predicted octanol–water partition coefficient (Wildman–Crippen LogP) is 6.33. The molecule has 2 rings (SSSR count). The highest BCUT2D eigenvalue weighted by atomic mass is 79.9. The lowest BCUT2D eigenvalue weighted by Gasteiger charge is -2.31. The van der Waals surface area contributed by atoms with Gasteiger partial charge in [0.15, 0.2) is 6.61 Å². The van der Waals surface area contributed by atoms with E-state index in [1.165, 1.54) is 4.90 Å². The van der Waals surface area contributed by atoms with Gasteiger partial charge >= 0.3 is 0 Å². The van der Waals surface area contributed by atoms with Gasteiger partial charge in [-0.1, -0.05) is 66.0 Å². The molecule has 2 amide bonds. The van der Waals surface area contributed by atoms with Crippen molar-refractivity contribution in [2.24, 2.45) is 5.92 Å². The van der Waals surface area contributed by atoms with Gasteiger partial charge in [0.05, 0.1) is 0 Å². The summed E-state index contributed by atoms with van der Waals surface area (Å²) in [6, 6.07) is 8.21. The van der Waals surface area contributed by atoms with Crippen molar-refractivity contribution in [3.8, 4) is 5.75 Å². The molecule has 0 fully saturated rings. The molecule has 5 nitrogen and oxygen atoms in total. The molecule has 1 atom stereocenters. The Bertz CT molecular complexity index is 975. The summed E-state index contributed by atoms with van der Waals surface area (Å²) in [5.74, 6) is 0.405. The van der Waals surface area contributed by atoms with Crippen molar-refractivity contribution in [2.45, 2.75) is 53.6 Å². The molecule has 0 saturated heterocycles. The number of amides is 2. The number of halogens is 3. The highest BCUT2D eigenvalue weighted by Crippen LogP contribution is 2.27. The number of rotatable bonds is 10. The molecule has 33 heavy (non-hydrogen) atoms. The van der Waals surface area contributed by atoms with Crippen molar-refractivity contribution in [1.29, 1.82) is 0 Å². The number of carbonyl (C=O) groups excluding carboxylic acids is 2. The summed E-state index contributed by atoms with van der Waals surface area (Å²) in [6.45, 7) is 10.4. The summed E-state index contributed by atoms with van der Waals surface area (Å²) in [6.07, 6.45) is 0.456. The van der Waals surface area contributed by atoms with Crippen LogP contribution in [0.25, 0.3) is 0 Å². The average Bonchev–Trinajstić information content (AvgIpc) is 2.75. The number of nitrogens with zero attached hydrogens (tertiary/aromatic N) is 1. The zero-order valence-electron chi connectivity index (χ0n) is 19.7. The fourth-order valence-corrected chi connectivity index (χ4v) is 4.09. The smallest absolute Gasteiger partial charge is 0.261 e. The highest BCUT2D eigenvalue weighted by molar-refractivity contribution is 9.10. The Kier molecular flexibility index (Phi) is 10.5. The molecule has 180 valence electrons. The molecule has 0 saturated carbocycles. The molecule has 2 aromatic rings. The fourth-order valence-electron chi connectivity index (χ4n) is 3.39. The molecular weight excluding hydrogens is 527 g/mol. The topological polar surface area (TPSA) is 58.6 Å². The van der Waals surface area contributed by atoms with Crippen LogP contribution in [0.5, 0.6) is 5.75 Å². The molecule has 0 unspecified atom stereocenters. The molecule has 0 heterocycles. The Labute approximate surface area is 214 Å². The summed E-state index contributed by atoms with van der Waals surface area (Å²) in [5, 5.41) is 3.89. The monoisotopic (exact) mass is 556 g/mol. The average molecular weight is 558 g/mol. The lowest BCUT2D eigenvalue weighted by molar-refractivity contribution is -0.143. The van der Waals surface area contributed by atoms with Gasteiger partial charge in [-0.2, -0.15) is 0 Å². The maximum atomic E-state index is 13.3. The second-order valence-electron chi connectivity index (χ2n) is 8.48. The lowest BCUT2D eigenvalue weighted by Crippen LogP contribution is -2.50. The van der Waals surface area contributed by atoms with Crippen molar-refractivity contribution in [3.05, 3.63) is 61.5 Å². The molecule has 0 aliphatic rings. The molecule has 1 N–H and O–H groups in total. The number of aryl methyl sites for hydroxylation is 2. The number of carbonyl (C=O) groups is 2. The minimum atomic E-state index is -0.653. The molecule has 2 aromatic carbocycles. The first-order valence-electron chi connectivity index (χ1n) is 10.9. The van der Waals surface area contributed by atoms with Crippen LogP contribution in [0.2, 0.25) is 10.0 Å². The molecule has 0 bridgehead atoms. The first-order valence-corrected chi connectivity index (χ1v) is 12.5. The van der Waals surface area contributed by atoms with E-state index in [9.17, 15) is 9.59 Å². The zero-order valence-corrected chi connectivity index (χ0v) is 22.8. The normalized spacial score (nSPS) is 11.9. The van der Waals surface area contributed by atoms with E-state index in [2.05, 4.69) is 21.2 Å². The zero-order chi connectivity index (χ0) is 24.7. The maximum Gasteiger partial charge on any atom is 0.261 e. The SMILES string of the molecule is CC[C@H](C(=O)NCC(C)C)N(Cc1ccc(Cl)cc1Cl)C(=O)COc1cc(C)c(Br)c(C)c1. The van der Waals surface area contributed by atoms with E-state index >= 15 is 0 Å². The Morgan fingerprint density at radius 1 is 1.12 bits per heavy atom. The third-order valence-corrected chi connectivity index (χ3v) is 7.04. The summed E-state index contributed by atoms with van der Waals surface area (Å²) < 4.78 is 6.83. The maximum absolute atomic E-state index is 13.3. The molecule has 8 heteroatoms. The number of hydrogen-bond donors (Lipinski definition) is 1. The van der Waals surface area contributed by atoms with Crippen molar-refractivity contribution in [3.63, 3.8) is 0 Å². The second kappa shape index (κ2) is 12.6. The van der Waals surface area contributed by atoms with Gasteiger partial charge in [-0.3, -0.25) is 9.59 Å². The number of benzene rings is 2.